The molecule has 0 fully saturated rings. The molecule has 0 bridgehead atoms. The van der Waals surface area contributed by atoms with E-state index in [0.717, 1.165) is 24.1 Å². The third-order valence-corrected chi connectivity index (χ3v) is 5.02. The molecule has 3 N–H and O–H groups in total. The molecule has 7 nitrogen and oxygen atoms in total. The Bertz CT molecular complexity index is 1070. The Kier molecular flexibility index (Phi) is 8.43. The molecule has 0 radical (unpaired) electrons. The second-order valence-electron chi connectivity index (χ2n) is 7.85. The van der Waals surface area contributed by atoms with E-state index < -0.39 is 0 Å². The van der Waals surface area contributed by atoms with Gasteiger partial charge in [-0.3, -0.25) is 4.79 Å². The summed E-state index contributed by atoms with van der Waals surface area (Å²) < 4.78 is 5.37. The number of nitrogens with one attached hydrogen (secondary N) is 3. The van der Waals surface area contributed by atoms with Crippen LogP contribution in [-0.4, -0.2) is 51.1 Å². The van der Waals surface area contributed by atoms with Gasteiger partial charge in [0, 0.05) is 24.0 Å². The van der Waals surface area contributed by atoms with Crippen molar-refractivity contribution in [1.82, 2.24) is 10.2 Å². The van der Waals surface area contributed by atoms with E-state index in [-0.39, 0.29) is 11.9 Å². The predicted molar refractivity (Wildman–Crippen MR) is 133 cm³/mol. The molecule has 3 aromatic rings. The number of urea groups is 1. The molecule has 7 heteroatoms. The smallest absolute Gasteiger partial charge is 0.323 e. The first-order chi connectivity index (χ1) is 16.0. The van der Waals surface area contributed by atoms with E-state index in [4.69, 9.17) is 4.74 Å². The van der Waals surface area contributed by atoms with E-state index in [1.54, 1.807) is 18.2 Å². The lowest BCUT2D eigenvalue weighted by Gasteiger charge is -2.13. The third-order valence-electron chi connectivity index (χ3n) is 5.02. The molecule has 0 aromatic heterocycles. The second-order valence-corrected chi connectivity index (χ2v) is 7.85. The van der Waals surface area contributed by atoms with Gasteiger partial charge < -0.3 is 25.6 Å². The van der Waals surface area contributed by atoms with Gasteiger partial charge in [-0.1, -0.05) is 42.5 Å². The molecule has 0 atom stereocenters. The first-order valence-electron chi connectivity index (χ1n) is 10.8. The average Bonchev–Trinajstić information content (AvgIpc) is 2.82. The number of amides is 3. The molecule has 3 aromatic carbocycles. The van der Waals surface area contributed by atoms with Gasteiger partial charge in [0.15, 0.2) is 0 Å². The normalized spacial score (nSPS) is 10.5. The van der Waals surface area contributed by atoms with Crippen LogP contribution in [0, 0.1) is 0 Å². The van der Waals surface area contributed by atoms with Crippen LogP contribution in [0.25, 0.3) is 11.1 Å². The van der Waals surface area contributed by atoms with E-state index in [1.807, 2.05) is 68.7 Å². The predicted octanol–water partition coefficient (Wildman–Crippen LogP) is 4.69. The summed E-state index contributed by atoms with van der Waals surface area (Å²) in [4.78, 5) is 27.0. The summed E-state index contributed by atoms with van der Waals surface area (Å²) in [5.41, 5.74) is 3.80. The van der Waals surface area contributed by atoms with Crippen LogP contribution in [0.15, 0.2) is 72.8 Å². The fourth-order valence-corrected chi connectivity index (χ4v) is 3.32. The average molecular weight is 447 g/mol. The topological polar surface area (TPSA) is 82.7 Å². The van der Waals surface area contributed by atoms with E-state index in [1.165, 1.54) is 7.11 Å². The first kappa shape index (κ1) is 23.8. The Morgan fingerprint density at radius 1 is 0.848 bits per heavy atom. The van der Waals surface area contributed by atoms with Crippen LogP contribution in [0.5, 0.6) is 5.75 Å². The molecule has 0 saturated carbocycles. The summed E-state index contributed by atoms with van der Waals surface area (Å²) in [5.74, 6) is 0.185. The van der Waals surface area contributed by atoms with Crippen LogP contribution in [0.1, 0.15) is 16.8 Å². The molecule has 0 aliphatic carbocycles. The van der Waals surface area contributed by atoms with Crippen LogP contribution in [-0.2, 0) is 0 Å². The highest BCUT2D eigenvalue weighted by molar-refractivity contribution is 6.01. The lowest BCUT2D eigenvalue weighted by Crippen LogP contribution is -2.27. The van der Waals surface area contributed by atoms with Gasteiger partial charge in [-0.15, -0.1) is 0 Å². The molecule has 0 heterocycles. The summed E-state index contributed by atoms with van der Waals surface area (Å²) in [6, 6.07) is 22.2. The van der Waals surface area contributed by atoms with E-state index in [2.05, 4.69) is 20.9 Å². The quantitative estimate of drug-likeness (QED) is 0.417. The minimum absolute atomic E-state index is 0.208. The minimum Gasteiger partial charge on any atom is -0.496 e. The molecule has 172 valence electrons. The van der Waals surface area contributed by atoms with E-state index >= 15 is 0 Å². The molecular weight excluding hydrogens is 416 g/mol. The highest BCUT2D eigenvalue weighted by atomic mass is 16.5. The van der Waals surface area contributed by atoms with Crippen LogP contribution in [0.4, 0.5) is 16.2 Å². The van der Waals surface area contributed by atoms with Crippen molar-refractivity contribution in [3.05, 3.63) is 78.4 Å². The van der Waals surface area contributed by atoms with Gasteiger partial charge in [-0.2, -0.15) is 0 Å². The molecule has 0 aliphatic rings. The molecule has 0 aliphatic heterocycles. The maximum absolute atomic E-state index is 12.5. The molecule has 3 rings (SSSR count). The summed E-state index contributed by atoms with van der Waals surface area (Å²) in [5, 5.41) is 8.48. The molecular formula is C26H30N4O3. The van der Waals surface area contributed by atoms with Crippen molar-refractivity contribution in [2.75, 3.05) is 44.9 Å². The summed E-state index contributed by atoms with van der Waals surface area (Å²) >= 11 is 0. The monoisotopic (exact) mass is 446 g/mol. The number of carbonyl (C=O) groups excluding carboxylic acids is 2. The highest BCUT2D eigenvalue weighted by Crippen LogP contribution is 2.24. The number of hydrogen-bond acceptors (Lipinski definition) is 4. The van der Waals surface area contributed by atoms with Gasteiger partial charge in [-0.05, 0) is 62.5 Å². The largest absolute Gasteiger partial charge is 0.496 e. The van der Waals surface area contributed by atoms with Gasteiger partial charge >= 0.3 is 6.03 Å². The molecule has 3 amide bonds. The number of hydrogen-bond donors (Lipinski definition) is 3. The summed E-state index contributed by atoms with van der Waals surface area (Å²) in [7, 11) is 5.48. The summed E-state index contributed by atoms with van der Waals surface area (Å²) in [6.45, 7) is 1.47. The van der Waals surface area contributed by atoms with Crippen molar-refractivity contribution in [3.8, 4) is 16.9 Å². The summed E-state index contributed by atoms with van der Waals surface area (Å²) in [6.07, 6.45) is 0.854. The Morgan fingerprint density at radius 3 is 2.15 bits per heavy atom. The number of ether oxygens (including phenoxy) is 1. The fraction of sp³-hybridized carbons (Fsp3) is 0.231. The van der Waals surface area contributed by atoms with Crippen molar-refractivity contribution >= 4 is 23.3 Å². The van der Waals surface area contributed by atoms with Gasteiger partial charge in [0.05, 0.1) is 12.7 Å². The number of nitrogens with zero attached hydrogens (tertiary/aromatic N) is 1. The maximum atomic E-state index is 12.5. The van der Waals surface area contributed by atoms with Gasteiger partial charge in [0.2, 0.25) is 0 Å². The Balaban J connectivity index is 1.57. The lowest BCUT2D eigenvalue weighted by molar-refractivity contribution is 0.0949. The van der Waals surface area contributed by atoms with Gasteiger partial charge in [0.25, 0.3) is 5.91 Å². The minimum atomic E-state index is -0.384. The highest BCUT2D eigenvalue weighted by Gasteiger charge is 2.13. The second kappa shape index (κ2) is 11.7. The number of carbonyl (C=O) groups is 2. The van der Waals surface area contributed by atoms with Crippen molar-refractivity contribution in [3.63, 3.8) is 0 Å². The molecule has 0 saturated heterocycles. The Morgan fingerprint density at radius 2 is 1.48 bits per heavy atom. The van der Waals surface area contributed by atoms with Gasteiger partial charge in [-0.25, -0.2) is 4.79 Å². The standard InChI is InChI=1S/C26H30N4O3/c1-30(2)17-7-16-27-25(31)23-15-14-22(18-24(23)33-3)29-26(32)28-21-12-10-20(11-13-21)19-8-5-4-6-9-19/h4-6,8-15,18H,7,16-17H2,1-3H3,(H,27,31)(H2,28,29,32). The van der Waals surface area contributed by atoms with Crippen LogP contribution >= 0.6 is 0 Å². The van der Waals surface area contributed by atoms with Crippen LogP contribution in [0.2, 0.25) is 0 Å². The molecule has 33 heavy (non-hydrogen) atoms. The number of rotatable bonds is 9. The van der Waals surface area contributed by atoms with Gasteiger partial charge in [0.1, 0.15) is 5.75 Å². The first-order valence-corrected chi connectivity index (χ1v) is 10.8. The van der Waals surface area contributed by atoms with E-state index in [9.17, 15) is 9.59 Å². The number of benzene rings is 3. The zero-order chi connectivity index (χ0) is 23.6. The van der Waals surface area contributed by atoms with Crippen LogP contribution < -0.4 is 20.7 Å². The fourth-order valence-electron chi connectivity index (χ4n) is 3.32. The van der Waals surface area contributed by atoms with Crippen molar-refractivity contribution in [2.45, 2.75) is 6.42 Å². The Hall–Kier alpha value is -3.84. The molecule has 0 spiro atoms. The molecule has 0 unspecified atom stereocenters. The third kappa shape index (κ3) is 7.08. The van der Waals surface area contributed by atoms with Crippen LogP contribution in [0.3, 0.4) is 0 Å². The maximum Gasteiger partial charge on any atom is 0.323 e. The number of anilines is 2. The lowest BCUT2D eigenvalue weighted by atomic mass is 10.1. The van der Waals surface area contributed by atoms with E-state index in [0.29, 0.717) is 29.2 Å². The van der Waals surface area contributed by atoms with Crippen molar-refractivity contribution in [1.29, 1.82) is 0 Å². The Labute approximate surface area is 194 Å². The zero-order valence-electron chi connectivity index (χ0n) is 19.2. The van der Waals surface area contributed by atoms with Crippen molar-refractivity contribution in [2.24, 2.45) is 0 Å². The SMILES string of the molecule is COc1cc(NC(=O)Nc2ccc(-c3ccccc3)cc2)ccc1C(=O)NCCCN(C)C. The zero-order valence-corrected chi connectivity index (χ0v) is 19.2. The van der Waals surface area contributed by atoms with Crippen molar-refractivity contribution < 1.29 is 14.3 Å². The number of methoxy groups -OCH3 is 1.